The van der Waals surface area contributed by atoms with Crippen LogP contribution in [-0.4, -0.2) is 25.2 Å². The van der Waals surface area contributed by atoms with Crippen LogP contribution in [0, 0.1) is 0 Å². The average Bonchev–Trinajstić information content (AvgIpc) is 2.48. The summed E-state index contributed by atoms with van der Waals surface area (Å²) in [5.74, 6) is 0.204. The van der Waals surface area contributed by atoms with Crippen LogP contribution in [0.3, 0.4) is 0 Å². The zero-order valence-electron chi connectivity index (χ0n) is 13.2. The van der Waals surface area contributed by atoms with E-state index in [9.17, 15) is 9.59 Å². The van der Waals surface area contributed by atoms with Crippen LogP contribution in [0.5, 0.6) is 5.75 Å². The summed E-state index contributed by atoms with van der Waals surface area (Å²) in [5.41, 5.74) is 1.58. The third-order valence-electron chi connectivity index (χ3n) is 3.35. The van der Waals surface area contributed by atoms with Crippen molar-refractivity contribution < 1.29 is 19.1 Å². The number of carbonyl (C=O) groups excluding carboxylic acids is 2. The normalized spacial score (nSPS) is 17.4. The fraction of sp³-hybridized carbons (Fsp3) is 0.375. The first-order valence-corrected chi connectivity index (χ1v) is 8.14. The van der Waals surface area contributed by atoms with E-state index in [0.29, 0.717) is 23.6 Å². The molecule has 0 aromatic heterocycles. The second kappa shape index (κ2) is 7.50. The van der Waals surface area contributed by atoms with Gasteiger partial charge < -0.3 is 20.1 Å². The lowest BCUT2D eigenvalue weighted by atomic mass is 9.95. The van der Waals surface area contributed by atoms with Crippen LogP contribution in [0.1, 0.15) is 32.4 Å². The van der Waals surface area contributed by atoms with E-state index in [-0.39, 0.29) is 12.6 Å². The molecule has 0 fully saturated rings. The van der Waals surface area contributed by atoms with Crippen LogP contribution < -0.4 is 15.4 Å². The highest BCUT2D eigenvalue weighted by atomic mass is 79.9. The number of amides is 2. The summed E-state index contributed by atoms with van der Waals surface area (Å²) < 4.78 is 11.4. The number of halogens is 1. The smallest absolute Gasteiger partial charge is 0.338 e. The third kappa shape index (κ3) is 3.85. The zero-order valence-corrected chi connectivity index (χ0v) is 14.8. The van der Waals surface area contributed by atoms with Crippen LogP contribution in [0.2, 0.25) is 0 Å². The van der Waals surface area contributed by atoms with E-state index in [0.717, 1.165) is 10.0 Å². The standard InChI is InChI=1S/C16H19BrN2O4/c1-4-22-10-6-7-12(17)11(8-10)14-13(15(20)23-5-2)9(3)18-16(21)19-14/h6-8,14H,4-5H2,1-3H3,(H2,18,19,21)/t14-/m1/s1. The van der Waals surface area contributed by atoms with E-state index in [2.05, 4.69) is 26.6 Å². The van der Waals surface area contributed by atoms with Gasteiger partial charge in [0.2, 0.25) is 0 Å². The van der Waals surface area contributed by atoms with E-state index >= 15 is 0 Å². The Morgan fingerprint density at radius 2 is 2.04 bits per heavy atom. The number of hydrogen-bond donors (Lipinski definition) is 2. The molecule has 1 aromatic rings. The van der Waals surface area contributed by atoms with Gasteiger partial charge in [-0.25, -0.2) is 9.59 Å². The molecule has 1 aromatic carbocycles. The minimum absolute atomic E-state index is 0.260. The van der Waals surface area contributed by atoms with Gasteiger partial charge in [-0.1, -0.05) is 15.9 Å². The number of urea groups is 1. The van der Waals surface area contributed by atoms with Crippen LogP contribution in [0.25, 0.3) is 0 Å². The summed E-state index contributed by atoms with van der Waals surface area (Å²) in [7, 11) is 0. The van der Waals surface area contributed by atoms with E-state index in [4.69, 9.17) is 9.47 Å². The molecule has 7 heteroatoms. The Morgan fingerprint density at radius 1 is 1.30 bits per heavy atom. The maximum absolute atomic E-state index is 12.3. The van der Waals surface area contributed by atoms with Gasteiger partial charge >= 0.3 is 12.0 Å². The number of rotatable bonds is 5. The maximum Gasteiger partial charge on any atom is 0.338 e. The first kappa shape index (κ1) is 17.3. The molecule has 0 radical (unpaired) electrons. The minimum atomic E-state index is -0.613. The van der Waals surface area contributed by atoms with Crippen LogP contribution in [0.15, 0.2) is 33.9 Å². The van der Waals surface area contributed by atoms with Crippen molar-refractivity contribution in [3.05, 3.63) is 39.5 Å². The predicted octanol–water partition coefficient (Wildman–Crippen LogP) is 3.04. The quantitative estimate of drug-likeness (QED) is 0.767. The van der Waals surface area contributed by atoms with Crippen molar-refractivity contribution in [2.24, 2.45) is 0 Å². The highest BCUT2D eigenvalue weighted by Gasteiger charge is 2.33. The van der Waals surface area contributed by atoms with Crippen molar-refractivity contribution in [1.29, 1.82) is 0 Å². The number of nitrogens with one attached hydrogen (secondary N) is 2. The first-order chi connectivity index (χ1) is 11.0. The summed E-state index contributed by atoms with van der Waals surface area (Å²) >= 11 is 3.47. The number of ether oxygens (including phenoxy) is 2. The molecule has 1 atom stereocenters. The Kier molecular flexibility index (Phi) is 5.65. The molecule has 0 aliphatic carbocycles. The number of benzene rings is 1. The molecule has 1 aliphatic heterocycles. The van der Waals surface area contributed by atoms with Crippen molar-refractivity contribution >= 4 is 27.9 Å². The van der Waals surface area contributed by atoms with Crippen molar-refractivity contribution in [2.45, 2.75) is 26.8 Å². The number of hydrogen-bond acceptors (Lipinski definition) is 4. The van der Waals surface area contributed by atoms with Gasteiger partial charge in [-0.3, -0.25) is 0 Å². The second-order valence-corrected chi connectivity index (χ2v) is 5.76. The molecule has 0 unspecified atom stereocenters. The van der Waals surface area contributed by atoms with Gasteiger partial charge in [-0.2, -0.15) is 0 Å². The van der Waals surface area contributed by atoms with Crippen molar-refractivity contribution in [1.82, 2.24) is 10.6 Å². The Morgan fingerprint density at radius 3 is 2.70 bits per heavy atom. The Balaban J connectivity index is 2.49. The number of allylic oxidation sites excluding steroid dienone is 1. The number of carbonyl (C=O) groups is 2. The van der Waals surface area contributed by atoms with Gasteiger partial charge in [0.05, 0.1) is 24.8 Å². The molecule has 0 saturated heterocycles. The fourth-order valence-corrected chi connectivity index (χ4v) is 2.88. The van der Waals surface area contributed by atoms with Crippen LogP contribution >= 0.6 is 15.9 Å². The van der Waals surface area contributed by atoms with Gasteiger partial charge in [0.25, 0.3) is 0 Å². The number of esters is 1. The monoisotopic (exact) mass is 382 g/mol. The Labute approximate surface area is 143 Å². The lowest BCUT2D eigenvalue weighted by Crippen LogP contribution is -2.45. The second-order valence-electron chi connectivity index (χ2n) is 4.91. The molecule has 2 amide bonds. The molecular formula is C16H19BrN2O4. The maximum atomic E-state index is 12.3. The zero-order chi connectivity index (χ0) is 17.0. The average molecular weight is 383 g/mol. The molecule has 0 bridgehead atoms. The fourth-order valence-electron chi connectivity index (χ4n) is 2.41. The molecule has 23 heavy (non-hydrogen) atoms. The molecule has 6 nitrogen and oxygen atoms in total. The van der Waals surface area contributed by atoms with Gasteiger partial charge in [-0.05, 0) is 44.5 Å². The van der Waals surface area contributed by atoms with Crippen molar-refractivity contribution in [2.75, 3.05) is 13.2 Å². The highest BCUT2D eigenvalue weighted by Crippen LogP contribution is 2.34. The van der Waals surface area contributed by atoms with Gasteiger partial charge in [0.15, 0.2) is 0 Å². The topological polar surface area (TPSA) is 76.7 Å². The molecule has 0 spiro atoms. The highest BCUT2D eigenvalue weighted by molar-refractivity contribution is 9.10. The third-order valence-corrected chi connectivity index (χ3v) is 4.08. The van der Waals surface area contributed by atoms with Crippen molar-refractivity contribution in [3.63, 3.8) is 0 Å². The van der Waals surface area contributed by atoms with E-state index in [1.807, 2.05) is 19.1 Å². The molecular weight excluding hydrogens is 364 g/mol. The minimum Gasteiger partial charge on any atom is -0.494 e. The largest absolute Gasteiger partial charge is 0.494 e. The Bertz CT molecular complexity index is 657. The lowest BCUT2D eigenvalue weighted by Gasteiger charge is -2.29. The van der Waals surface area contributed by atoms with E-state index < -0.39 is 12.0 Å². The molecule has 2 rings (SSSR count). The summed E-state index contributed by atoms with van der Waals surface area (Å²) in [6.45, 7) is 6.10. The summed E-state index contributed by atoms with van der Waals surface area (Å²) in [6, 6.07) is 4.47. The molecule has 2 N–H and O–H groups in total. The van der Waals surface area contributed by atoms with Gasteiger partial charge in [0.1, 0.15) is 5.75 Å². The molecule has 1 heterocycles. The first-order valence-electron chi connectivity index (χ1n) is 7.35. The van der Waals surface area contributed by atoms with Crippen LogP contribution in [-0.2, 0) is 9.53 Å². The lowest BCUT2D eigenvalue weighted by molar-refractivity contribution is -0.139. The molecule has 1 aliphatic rings. The summed E-state index contributed by atoms with van der Waals surface area (Å²) in [4.78, 5) is 24.2. The van der Waals surface area contributed by atoms with Crippen molar-refractivity contribution in [3.8, 4) is 5.75 Å². The molecule has 124 valence electrons. The van der Waals surface area contributed by atoms with E-state index in [1.165, 1.54) is 0 Å². The summed E-state index contributed by atoms with van der Waals surface area (Å²) in [6.07, 6.45) is 0. The molecule has 0 saturated carbocycles. The van der Waals surface area contributed by atoms with E-state index in [1.54, 1.807) is 19.9 Å². The predicted molar refractivity (Wildman–Crippen MR) is 89.1 cm³/mol. The van der Waals surface area contributed by atoms with Gasteiger partial charge in [0, 0.05) is 10.2 Å². The Hall–Kier alpha value is -2.02. The van der Waals surface area contributed by atoms with Crippen LogP contribution in [0.4, 0.5) is 4.79 Å². The summed E-state index contributed by atoms with van der Waals surface area (Å²) in [5, 5.41) is 5.38. The van der Waals surface area contributed by atoms with Gasteiger partial charge in [-0.15, -0.1) is 0 Å². The SMILES string of the molecule is CCOC(=O)C1=C(C)NC(=O)N[C@@H]1c1cc(OCC)ccc1Br.